The van der Waals surface area contributed by atoms with Crippen LogP contribution in [0.1, 0.15) is 9.75 Å². The number of amides is 1. The molecule has 1 fully saturated rings. The van der Waals surface area contributed by atoms with E-state index >= 15 is 0 Å². The lowest BCUT2D eigenvalue weighted by Crippen LogP contribution is -2.52. The predicted molar refractivity (Wildman–Crippen MR) is 64.9 cm³/mol. The van der Waals surface area contributed by atoms with Crippen molar-refractivity contribution < 1.29 is 9.53 Å². The third-order valence-electron chi connectivity index (χ3n) is 2.64. The zero-order chi connectivity index (χ0) is 11.5. The zero-order valence-electron chi connectivity index (χ0n) is 9.53. The molecule has 1 aromatic heterocycles. The van der Waals surface area contributed by atoms with Gasteiger partial charge in [-0.2, -0.15) is 0 Å². The summed E-state index contributed by atoms with van der Waals surface area (Å²) in [6.07, 6.45) is 0.833. The fourth-order valence-corrected chi connectivity index (χ4v) is 2.82. The summed E-state index contributed by atoms with van der Waals surface area (Å²) in [7, 11) is 0. The van der Waals surface area contributed by atoms with E-state index in [1.165, 1.54) is 4.88 Å². The van der Waals surface area contributed by atoms with E-state index in [4.69, 9.17) is 4.74 Å². The maximum atomic E-state index is 11.2. The molecule has 0 radical (unpaired) electrons. The van der Waals surface area contributed by atoms with Crippen LogP contribution in [0.3, 0.4) is 0 Å². The number of rotatable bonds is 3. The Hall–Kier alpha value is -0.910. The lowest BCUT2D eigenvalue weighted by molar-refractivity contribution is -0.108. The number of morpholine rings is 1. The molecule has 1 saturated heterocycles. The van der Waals surface area contributed by atoms with Crippen LogP contribution in [0.2, 0.25) is 0 Å². The van der Waals surface area contributed by atoms with Gasteiger partial charge in [-0.1, -0.05) is 0 Å². The fourth-order valence-electron chi connectivity index (χ4n) is 1.90. The summed E-state index contributed by atoms with van der Waals surface area (Å²) >= 11 is 1.71. The molecule has 1 aliphatic rings. The second-order valence-electron chi connectivity index (χ2n) is 3.86. The molecule has 5 heteroatoms. The molecule has 0 bridgehead atoms. The first-order valence-electron chi connectivity index (χ1n) is 5.34. The molecular formula is C11H16N2O2S. The normalized spacial score (nSPS) is 20.8. The number of nitrogens with one attached hydrogen (secondary N) is 1. The van der Waals surface area contributed by atoms with E-state index < -0.39 is 0 Å². The van der Waals surface area contributed by atoms with Crippen molar-refractivity contribution in [1.29, 1.82) is 0 Å². The summed E-state index contributed by atoms with van der Waals surface area (Å²) in [5.74, 6) is 0. The number of carbonyl (C=O) groups excluding carboxylic acids is 1. The van der Waals surface area contributed by atoms with Gasteiger partial charge >= 0.3 is 0 Å². The van der Waals surface area contributed by atoms with Crippen LogP contribution in [0.15, 0.2) is 6.07 Å². The average Bonchev–Trinajstić information content (AvgIpc) is 2.61. The van der Waals surface area contributed by atoms with Gasteiger partial charge in [0.15, 0.2) is 0 Å². The van der Waals surface area contributed by atoms with E-state index in [-0.39, 0.29) is 6.17 Å². The molecule has 88 valence electrons. The van der Waals surface area contributed by atoms with Crippen LogP contribution in [0.5, 0.6) is 0 Å². The quantitative estimate of drug-likeness (QED) is 0.809. The highest BCUT2D eigenvalue weighted by Crippen LogP contribution is 2.29. The van der Waals surface area contributed by atoms with E-state index in [0.717, 1.165) is 23.5 Å². The second-order valence-corrected chi connectivity index (χ2v) is 5.32. The number of nitrogens with zero attached hydrogens (tertiary/aromatic N) is 1. The van der Waals surface area contributed by atoms with Crippen LogP contribution in [0, 0.1) is 13.8 Å². The van der Waals surface area contributed by atoms with Crippen LogP contribution >= 0.6 is 11.3 Å². The molecule has 2 heterocycles. The van der Waals surface area contributed by atoms with Gasteiger partial charge in [0.2, 0.25) is 6.41 Å². The van der Waals surface area contributed by atoms with Gasteiger partial charge in [0.1, 0.15) is 6.17 Å². The van der Waals surface area contributed by atoms with E-state index in [0.29, 0.717) is 13.2 Å². The molecule has 2 rings (SSSR count). The van der Waals surface area contributed by atoms with Crippen molar-refractivity contribution in [3.8, 4) is 0 Å². The first-order chi connectivity index (χ1) is 7.72. The highest BCUT2D eigenvalue weighted by atomic mass is 32.1. The molecule has 0 aromatic carbocycles. The van der Waals surface area contributed by atoms with Crippen LogP contribution in [0.4, 0.5) is 5.69 Å². The van der Waals surface area contributed by atoms with Gasteiger partial charge in [0.05, 0.1) is 18.9 Å². The number of ether oxygens (including phenoxy) is 1. The molecule has 0 aliphatic carbocycles. The van der Waals surface area contributed by atoms with Crippen LogP contribution in [-0.4, -0.2) is 32.3 Å². The maximum Gasteiger partial charge on any atom is 0.215 e. The molecule has 0 spiro atoms. The van der Waals surface area contributed by atoms with Gasteiger partial charge in [-0.3, -0.25) is 15.0 Å². The minimum atomic E-state index is -0.0426. The Kier molecular flexibility index (Phi) is 3.58. The first kappa shape index (κ1) is 11.6. The molecule has 16 heavy (non-hydrogen) atoms. The van der Waals surface area contributed by atoms with E-state index in [2.05, 4.69) is 12.2 Å². The van der Waals surface area contributed by atoms with Crippen molar-refractivity contribution in [2.24, 2.45) is 0 Å². The lowest BCUT2D eigenvalue weighted by Gasteiger charge is -2.32. The van der Waals surface area contributed by atoms with E-state index in [1.807, 2.05) is 13.0 Å². The SMILES string of the molecule is Cc1cc(N(C=O)C2COCCN2)c(C)s1. The Balaban J connectivity index is 2.21. The summed E-state index contributed by atoms with van der Waals surface area (Å²) in [6, 6.07) is 2.05. The van der Waals surface area contributed by atoms with Crippen molar-refractivity contribution in [2.75, 3.05) is 24.7 Å². The Labute approximate surface area is 99.2 Å². The molecule has 1 unspecified atom stereocenters. The number of anilines is 1. The van der Waals surface area contributed by atoms with Crippen molar-refractivity contribution in [2.45, 2.75) is 20.0 Å². The largest absolute Gasteiger partial charge is 0.377 e. The molecular weight excluding hydrogens is 224 g/mol. The van der Waals surface area contributed by atoms with Gasteiger partial charge in [-0.15, -0.1) is 11.3 Å². The maximum absolute atomic E-state index is 11.2. The van der Waals surface area contributed by atoms with Crippen molar-refractivity contribution in [1.82, 2.24) is 5.32 Å². The second kappa shape index (κ2) is 4.95. The summed E-state index contributed by atoms with van der Waals surface area (Å²) in [5.41, 5.74) is 0.987. The molecule has 1 atom stereocenters. The Bertz CT molecular complexity index is 372. The third-order valence-corrected chi connectivity index (χ3v) is 3.60. The minimum Gasteiger partial charge on any atom is -0.377 e. The number of carbonyl (C=O) groups is 1. The Morgan fingerprint density at radius 3 is 2.94 bits per heavy atom. The van der Waals surface area contributed by atoms with Crippen molar-refractivity contribution >= 4 is 23.4 Å². The number of aryl methyl sites for hydroxylation is 2. The molecule has 1 aromatic rings. The number of hydrogen-bond acceptors (Lipinski definition) is 4. The highest BCUT2D eigenvalue weighted by molar-refractivity contribution is 7.12. The minimum absolute atomic E-state index is 0.0426. The van der Waals surface area contributed by atoms with Crippen LogP contribution in [-0.2, 0) is 9.53 Å². The molecule has 1 amide bonds. The zero-order valence-corrected chi connectivity index (χ0v) is 10.3. The van der Waals surface area contributed by atoms with Gasteiger partial charge in [0, 0.05) is 16.3 Å². The van der Waals surface area contributed by atoms with Crippen LogP contribution < -0.4 is 10.2 Å². The van der Waals surface area contributed by atoms with E-state index in [9.17, 15) is 4.79 Å². The standard InChI is InChI=1S/C11H16N2O2S/c1-8-5-10(9(2)16-8)13(7-14)11-6-15-4-3-12-11/h5,7,11-12H,3-4,6H2,1-2H3. The van der Waals surface area contributed by atoms with Gasteiger partial charge in [0.25, 0.3) is 0 Å². The lowest BCUT2D eigenvalue weighted by atomic mass is 10.3. The number of thiophene rings is 1. The van der Waals surface area contributed by atoms with Gasteiger partial charge in [-0.05, 0) is 19.9 Å². The monoisotopic (exact) mass is 240 g/mol. The summed E-state index contributed by atoms with van der Waals surface area (Å²) in [5, 5.41) is 3.28. The average molecular weight is 240 g/mol. The summed E-state index contributed by atoms with van der Waals surface area (Å²) in [4.78, 5) is 15.3. The van der Waals surface area contributed by atoms with Crippen LogP contribution in [0.25, 0.3) is 0 Å². The molecule has 0 saturated carbocycles. The summed E-state index contributed by atoms with van der Waals surface area (Å²) in [6.45, 7) is 6.14. The molecule has 1 aliphatic heterocycles. The fraction of sp³-hybridized carbons (Fsp3) is 0.545. The topological polar surface area (TPSA) is 41.6 Å². The first-order valence-corrected chi connectivity index (χ1v) is 6.16. The van der Waals surface area contributed by atoms with Crippen molar-refractivity contribution in [3.05, 3.63) is 15.8 Å². The Morgan fingerprint density at radius 1 is 1.62 bits per heavy atom. The van der Waals surface area contributed by atoms with E-state index in [1.54, 1.807) is 16.2 Å². The number of hydrogen-bond donors (Lipinski definition) is 1. The smallest absolute Gasteiger partial charge is 0.215 e. The van der Waals surface area contributed by atoms with Gasteiger partial charge < -0.3 is 4.74 Å². The predicted octanol–water partition coefficient (Wildman–Crippen LogP) is 1.27. The highest BCUT2D eigenvalue weighted by Gasteiger charge is 2.23. The Morgan fingerprint density at radius 2 is 2.44 bits per heavy atom. The van der Waals surface area contributed by atoms with Gasteiger partial charge in [-0.25, -0.2) is 0 Å². The molecule has 4 nitrogen and oxygen atoms in total. The van der Waals surface area contributed by atoms with Crippen molar-refractivity contribution in [3.63, 3.8) is 0 Å². The summed E-state index contributed by atoms with van der Waals surface area (Å²) < 4.78 is 5.37. The molecule has 1 N–H and O–H groups in total. The third kappa shape index (κ3) is 2.26.